The molecule has 0 saturated heterocycles. The molecule has 0 bridgehead atoms. The summed E-state index contributed by atoms with van der Waals surface area (Å²) in [5, 5.41) is 19.3. The van der Waals surface area contributed by atoms with Gasteiger partial charge in [-0.15, -0.1) is 11.3 Å². The molecule has 0 saturated carbocycles. The Kier molecular flexibility index (Phi) is 5.72. The van der Waals surface area contributed by atoms with Crippen LogP contribution in [0, 0.1) is 0 Å². The van der Waals surface area contributed by atoms with E-state index in [-0.39, 0.29) is 25.1 Å². The Labute approximate surface area is 115 Å². The van der Waals surface area contributed by atoms with Crippen molar-refractivity contribution in [2.24, 2.45) is 0 Å². The molecule has 0 aliphatic rings. The van der Waals surface area contributed by atoms with E-state index < -0.39 is 5.97 Å². The quantitative estimate of drug-likeness (QED) is 0.779. The van der Waals surface area contributed by atoms with Gasteiger partial charge >= 0.3 is 5.97 Å². The highest BCUT2D eigenvalue weighted by Gasteiger charge is 2.21. The van der Waals surface area contributed by atoms with Gasteiger partial charge in [0.25, 0.3) is 5.91 Å². The third kappa shape index (κ3) is 4.18. The number of carbonyl (C=O) groups excluding carboxylic acids is 1. The average Bonchev–Trinajstić information content (AvgIpc) is 2.80. The first-order valence-corrected chi connectivity index (χ1v) is 6.75. The molecule has 2 N–H and O–H groups in total. The van der Waals surface area contributed by atoms with Crippen LogP contribution in [0.5, 0.6) is 0 Å². The second-order valence-electron chi connectivity index (χ2n) is 4.19. The SMILES string of the molecule is CC(C)N(CCO)C(=O)c1sccc1/C=C/C(=O)O. The summed E-state index contributed by atoms with van der Waals surface area (Å²) < 4.78 is 0. The van der Waals surface area contributed by atoms with Gasteiger partial charge in [-0.2, -0.15) is 0 Å². The summed E-state index contributed by atoms with van der Waals surface area (Å²) in [6.45, 7) is 3.90. The van der Waals surface area contributed by atoms with Crippen LogP contribution < -0.4 is 0 Å². The van der Waals surface area contributed by atoms with Crippen molar-refractivity contribution in [3.8, 4) is 0 Å². The molecule has 0 aliphatic carbocycles. The number of carboxylic acids is 1. The van der Waals surface area contributed by atoms with E-state index in [1.165, 1.54) is 17.4 Å². The lowest BCUT2D eigenvalue weighted by molar-refractivity contribution is -0.131. The third-order valence-corrected chi connectivity index (χ3v) is 3.44. The van der Waals surface area contributed by atoms with Gasteiger partial charge in [-0.3, -0.25) is 4.79 Å². The Bertz CT molecular complexity index is 479. The summed E-state index contributed by atoms with van der Waals surface area (Å²) in [6.07, 6.45) is 2.41. The zero-order valence-electron chi connectivity index (χ0n) is 10.9. The highest BCUT2D eigenvalue weighted by Crippen LogP contribution is 2.21. The number of amides is 1. The Morgan fingerprint density at radius 1 is 1.47 bits per heavy atom. The molecule has 1 aromatic rings. The second-order valence-corrected chi connectivity index (χ2v) is 5.11. The molecule has 1 amide bonds. The molecule has 1 aromatic heterocycles. The van der Waals surface area contributed by atoms with Crippen molar-refractivity contribution < 1.29 is 19.8 Å². The van der Waals surface area contributed by atoms with Crippen LogP contribution in [0.4, 0.5) is 0 Å². The average molecular weight is 283 g/mol. The Morgan fingerprint density at radius 2 is 2.16 bits per heavy atom. The van der Waals surface area contributed by atoms with Crippen molar-refractivity contribution in [2.45, 2.75) is 19.9 Å². The highest BCUT2D eigenvalue weighted by molar-refractivity contribution is 7.12. The number of aliphatic hydroxyl groups is 1. The summed E-state index contributed by atoms with van der Waals surface area (Å²) in [6, 6.07) is 1.67. The zero-order valence-corrected chi connectivity index (χ0v) is 11.7. The number of aliphatic hydroxyl groups excluding tert-OH is 1. The molecule has 0 radical (unpaired) electrons. The first kappa shape index (κ1) is 15.4. The van der Waals surface area contributed by atoms with Crippen LogP contribution >= 0.6 is 11.3 Å². The van der Waals surface area contributed by atoms with Gasteiger partial charge in [0.1, 0.15) is 0 Å². The third-order valence-electron chi connectivity index (χ3n) is 2.52. The normalized spacial score (nSPS) is 11.2. The molecule has 104 valence electrons. The predicted molar refractivity (Wildman–Crippen MR) is 74.2 cm³/mol. The maximum Gasteiger partial charge on any atom is 0.328 e. The lowest BCUT2D eigenvalue weighted by atomic mass is 10.2. The molecule has 1 heterocycles. The topological polar surface area (TPSA) is 77.8 Å². The lowest BCUT2D eigenvalue weighted by Crippen LogP contribution is -2.38. The molecule has 5 nitrogen and oxygen atoms in total. The second kappa shape index (κ2) is 7.06. The minimum atomic E-state index is -1.05. The molecular weight excluding hydrogens is 266 g/mol. The van der Waals surface area contributed by atoms with Gasteiger partial charge in [0.15, 0.2) is 0 Å². The molecule has 1 rings (SSSR count). The van der Waals surface area contributed by atoms with Gasteiger partial charge in [0.2, 0.25) is 0 Å². The minimum absolute atomic E-state index is 0.0296. The van der Waals surface area contributed by atoms with Crippen molar-refractivity contribution in [3.63, 3.8) is 0 Å². The van der Waals surface area contributed by atoms with E-state index in [4.69, 9.17) is 10.2 Å². The zero-order chi connectivity index (χ0) is 14.4. The molecular formula is C13H17NO4S. The van der Waals surface area contributed by atoms with Crippen molar-refractivity contribution in [1.82, 2.24) is 4.90 Å². The summed E-state index contributed by atoms with van der Waals surface area (Å²) in [5.74, 6) is -1.25. The summed E-state index contributed by atoms with van der Waals surface area (Å²) in [4.78, 5) is 24.9. The van der Waals surface area contributed by atoms with E-state index in [0.29, 0.717) is 10.4 Å². The summed E-state index contributed by atoms with van der Waals surface area (Å²) in [5.41, 5.74) is 0.584. The number of aliphatic carboxylic acids is 1. The largest absolute Gasteiger partial charge is 0.478 e. The fourth-order valence-electron chi connectivity index (χ4n) is 1.62. The smallest absolute Gasteiger partial charge is 0.328 e. The van der Waals surface area contributed by atoms with Crippen molar-refractivity contribution in [3.05, 3.63) is 28.0 Å². The van der Waals surface area contributed by atoms with E-state index in [1.54, 1.807) is 16.3 Å². The molecule has 0 fully saturated rings. The van der Waals surface area contributed by atoms with Gasteiger partial charge < -0.3 is 15.1 Å². The molecule has 0 unspecified atom stereocenters. The number of hydrogen-bond acceptors (Lipinski definition) is 4. The van der Waals surface area contributed by atoms with Crippen LogP contribution in [-0.2, 0) is 4.79 Å². The first-order valence-electron chi connectivity index (χ1n) is 5.87. The maximum atomic E-state index is 12.3. The van der Waals surface area contributed by atoms with E-state index in [1.807, 2.05) is 13.8 Å². The van der Waals surface area contributed by atoms with Gasteiger partial charge in [0, 0.05) is 18.7 Å². The number of nitrogens with zero attached hydrogens (tertiary/aromatic N) is 1. The highest BCUT2D eigenvalue weighted by atomic mass is 32.1. The van der Waals surface area contributed by atoms with Gasteiger partial charge in [-0.25, -0.2) is 4.79 Å². The monoisotopic (exact) mass is 283 g/mol. The van der Waals surface area contributed by atoms with E-state index >= 15 is 0 Å². The molecule has 0 aromatic carbocycles. The standard InChI is InChI=1S/C13H17NO4S/c1-9(2)14(6-7-15)13(18)12-10(5-8-19-12)3-4-11(16)17/h3-5,8-9,15H,6-7H2,1-2H3,(H,16,17)/b4-3+. The first-order chi connectivity index (χ1) is 8.97. The minimum Gasteiger partial charge on any atom is -0.478 e. The van der Waals surface area contributed by atoms with Crippen LogP contribution in [0.15, 0.2) is 17.5 Å². The van der Waals surface area contributed by atoms with Crippen LogP contribution in [0.25, 0.3) is 6.08 Å². The van der Waals surface area contributed by atoms with Crippen LogP contribution in [0.3, 0.4) is 0 Å². The Balaban J connectivity index is 2.99. The number of carbonyl (C=O) groups is 2. The van der Waals surface area contributed by atoms with Crippen molar-refractivity contribution >= 4 is 29.3 Å². The Morgan fingerprint density at radius 3 is 2.68 bits per heavy atom. The lowest BCUT2D eigenvalue weighted by Gasteiger charge is -2.25. The van der Waals surface area contributed by atoms with Gasteiger partial charge in [-0.1, -0.05) is 0 Å². The molecule has 19 heavy (non-hydrogen) atoms. The molecule has 0 atom stereocenters. The van der Waals surface area contributed by atoms with Crippen molar-refractivity contribution in [2.75, 3.05) is 13.2 Å². The van der Waals surface area contributed by atoms with Crippen LogP contribution in [0.1, 0.15) is 29.1 Å². The number of carboxylic acid groups (broad SMARTS) is 1. The summed E-state index contributed by atoms with van der Waals surface area (Å²) >= 11 is 1.26. The number of rotatable bonds is 6. The number of hydrogen-bond donors (Lipinski definition) is 2. The molecule has 6 heteroatoms. The van der Waals surface area contributed by atoms with E-state index in [0.717, 1.165) is 6.08 Å². The van der Waals surface area contributed by atoms with Gasteiger partial charge in [0.05, 0.1) is 11.5 Å². The fourth-order valence-corrected chi connectivity index (χ4v) is 2.46. The van der Waals surface area contributed by atoms with E-state index in [9.17, 15) is 9.59 Å². The van der Waals surface area contributed by atoms with Crippen LogP contribution in [0.2, 0.25) is 0 Å². The maximum absolute atomic E-state index is 12.3. The van der Waals surface area contributed by atoms with Gasteiger partial charge in [-0.05, 0) is 36.9 Å². The fraction of sp³-hybridized carbons (Fsp3) is 0.385. The van der Waals surface area contributed by atoms with E-state index in [2.05, 4.69) is 0 Å². The molecule has 0 aliphatic heterocycles. The molecule has 0 spiro atoms. The number of thiophene rings is 1. The van der Waals surface area contributed by atoms with Crippen LogP contribution in [-0.4, -0.2) is 46.2 Å². The Hall–Kier alpha value is -1.66. The predicted octanol–water partition coefficient (Wildman–Crippen LogP) is 1.69. The summed E-state index contributed by atoms with van der Waals surface area (Å²) in [7, 11) is 0. The van der Waals surface area contributed by atoms with Crippen molar-refractivity contribution in [1.29, 1.82) is 0 Å².